The van der Waals surface area contributed by atoms with E-state index in [9.17, 15) is 19.5 Å². The minimum Gasteiger partial charge on any atom is -0.548 e. The lowest BCUT2D eigenvalue weighted by atomic mass is 9.64. The van der Waals surface area contributed by atoms with Crippen molar-refractivity contribution in [3.63, 3.8) is 0 Å². The predicted octanol–water partition coefficient (Wildman–Crippen LogP) is -0.127. The molecule has 0 aromatic rings. The first-order valence-corrected chi connectivity index (χ1v) is 6.49. The number of imide groups is 1. The van der Waals surface area contributed by atoms with Gasteiger partial charge in [-0.2, -0.15) is 0 Å². The number of hydrogen-bond donors (Lipinski definition) is 1. The third-order valence-electron chi connectivity index (χ3n) is 3.91. The van der Waals surface area contributed by atoms with Gasteiger partial charge in [0, 0.05) is 0 Å². The highest BCUT2D eigenvalue weighted by Crippen LogP contribution is 2.46. The van der Waals surface area contributed by atoms with Gasteiger partial charge in [-0.05, 0) is 30.6 Å². The molecule has 0 aromatic heterocycles. The lowest BCUT2D eigenvalue weighted by Gasteiger charge is -2.43. The summed E-state index contributed by atoms with van der Waals surface area (Å²) in [4.78, 5) is 35.6. The zero-order valence-corrected chi connectivity index (χ0v) is 11.5. The Bertz CT molecular complexity index is 446. The molecule has 1 aliphatic carbocycles. The number of urea groups is 1. The fourth-order valence-electron chi connectivity index (χ4n) is 3.78. The number of carbonyl (C=O) groups is 3. The van der Waals surface area contributed by atoms with E-state index >= 15 is 0 Å². The molecule has 2 rings (SSSR count). The number of rotatable bonds is 2. The third-order valence-corrected chi connectivity index (χ3v) is 3.91. The van der Waals surface area contributed by atoms with E-state index < -0.39 is 30.0 Å². The van der Waals surface area contributed by atoms with Crippen molar-refractivity contribution >= 4 is 17.9 Å². The van der Waals surface area contributed by atoms with Crippen molar-refractivity contribution in [3.8, 4) is 0 Å². The molecule has 0 aromatic carbocycles. The number of aliphatic carboxylic acids is 1. The molecule has 106 valence electrons. The van der Waals surface area contributed by atoms with E-state index in [1.54, 1.807) is 0 Å². The van der Waals surface area contributed by atoms with Gasteiger partial charge < -0.3 is 15.2 Å². The van der Waals surface area contributed by atoms with Crippen LogP contribution in [-0.2, 0) is 9.59 Å². The van der Waals surface area contributed by atoms with Crippen LogP contribution in [0.25, 0.3) is 0 Å². The van der Waals surface area contributed by atoms with Gasteiger partial charge in [-0.25, -0.2) is 4.79 Å². The van der Waals surface area contributed by atoms with Gasteiger partial charge in [0.15, 0.2) is 0 Å². The predicted molar refractivity (Wildman–Crippen MR) is 64.8 cm³/mol. The minimum atomic E-state index is -1.43. The average molecular weight is 267 g/mol. The maximum absolute atomic E-state index is 12.4. The van der Waals surface area contributed by atoms with Gasteiger partial charge in [0.2, 0.25) is 0 Å². The molecule has 1 spiro atoms. The summed E-state index contributed by atoms with van der Waals surface area (Å²) >= 11 is 0. The van der Waals surface area contributed by atoms with Crippen molar-refractivity contribution in [1.82, 2.24) is 10.2 Å². The monoisotopic (exact) mass is 267 g/mol. The molecule has 1 saturated heterocycles. The van der Waals surface area contributed by atoms with Gasteiger partial charge >= 0.3 is 6.03 Å². The Morgan fingerprint density at radius 3 is 2.58 bits per heavy atom. The van der Waals surface area contributed by atoms with Crippen LogP contribution in [0.15, 0.2) is 0 Å². The summed E-state index contributed by atoms with van der Waals surface area (Å²) in [7, 11) is 0. The van der Waals surface area contributed by atoms with E-state index in [1.807, 2.05) is 6.92 Å². The summed E-state index contributed by atoms with van der Waals surface area (Å²) in [5.41, 5.74) is -0.994. The Labute approximate surface area is 112 Å². The fourth-order valence-corrected chi connectivity index (χ4v) is 3.78. The Kier molecular flexibility index (Phi) is 3.07. The molecular formula is C13H19N2O4-. The summed E-state index contributed by atoms with van der Waals surface area (Å²) in [6.45, 7) is 5.49. The molecule has 2 fully saturated rings. The van der Waals surface area contributed by atoms with Crippen molar-refractivity contribution in [2.24, 2.45) is 11.3 Å². The van der Waals surface area contributed by atoms with Crippen molar-refractivity contribution in [2.75, 3.05) is 6.54 Å². The Morgan fingerprint density at radius 2 is 2.05 bits per heavy atom. The molecule has 0 bridgehead atoms. The number of carboxylic acid groups (broad SMARTS) is 1. The number of carbonyl (C=O) groups excluding carboxylic acids is 3. The standard InChI is InChI=1S/C13H20N2O4/c1-8-4-12(2,3)7-13(5-8)10(18)15(6-9(16)17)11(19)14-13/h8H,4-7H2,1-3H3,(H,14,19)(H,16,17)/p-1/t8-,13-/m1/s1. The highest BCUT2D eigenvalue weighted by molar-refractivity contribution is 6.08. The van der Waals surface area contributed by atoms with Crippen molar-refractivity contribution < 1.29 is 19.5 Å². The van der Waals surface area contributed by atoms with Crippen LogP contribution in [0.1, 0.15) is 40.0 Å². The van der Waals surface area contributed by atoms with Crippen LogP contribution >= 0.6 is 0 Å². The molecule has 3 amide bonds. The molecule has 0 unspecified atom stereocenters. The molecule has 0 radical (unpaired) electrons. The van der Waals surface area contributed by atoms with E-state index in [2.05, 4.69) is 19.2 Å². The Morgan fingerprint density at radius 1 is 1.42 bits per heavy atom. The van der Waals surface area contributed by atoms with Crippen molar-refractivity contribution in [1.29, 1.82) is 0 Å². The Balaban J connectivity index is 2.28. The van der Waals surface area contributed by atoms with Gasteiger partial charge in [0.25, 0.3) is 5.91 Å². The van der Waals surface area contributed by atoms with Crippen LogP contribution in [0.5, 0.6) is 0 Å². The van der Waals surface area contributed by atoms with Gasteiger partial charge in [-0.1, -0.05) is 20.8 Å². The van der Waals surface area contributed by atoms with E-state index in [0.29, 0.717) is 18.8 Å². The number of nitrogens with zero attached hydrogens (tertiary/aromatic N) is 1. The van der Waals surface area contributed by atoms with Crippen LogP contribution in [-0.4, -0.2) is 34.9 Å². The second kappa shape index (κ2) is 4.21. The number of carboxylic acids is 1. The van der Waals surface area contributed by atoms with Crippen LogP contribution in [0, 0.1) is 11.3 Å². The highest BCUT2D eigenvalue weighted by atomic mass is 16.4. The molecule has 1 aliphatic heterocycles. The number of nitrogens with one attached hydrogen (secondary N) is 1. The first-order valence-electron chi connectivity index (χ1n) is 6.49. The van der Waals surface area contributed by atoms with Crippen LogP contribution in [0.4, 0.5) is 4.79 Å². The fraction of sp³-hybridized carbons (Fsp3) is 0.769. The first-order chi connectivity index (χ1) is 8.65. The second-order valence-corrected chi connectivity index (χ2v) is 6.63. The summed E-state index contributed by atoms with van der Waals surface area (Å²) in [5.74, 6) is -1.55. The van der Waals surface area contributed by atoms with Crippen molar-refractivity contribution in [2.45, 2.75) is 45.6 Å². The molecule has 2 atom stereocenters. The molecule has 6 heteroatoms. The largest absolute Gasteiger partial charge is 0.548 e. The van der Waals surface area contributed by atoms with E-state index in [4.69, 9.17) is 0 Å². The van der Waals surface area contributed by atoms with Gasteiger partial charge in [0.1, 0.15) is 5.54 Å². The smallest absolute Gasteiger partial charge is 0.325 e. The van der Waals surface area contributed by atoms with Crippen LogP contribution in [0.2, 0.25) is 0 Å². The normalized spacial score (nSPS) is 33.6. The van der Waals surface area contributed by atoms with Crippen molar-refractivity contribution in [3.05, 3.63) is 0 Å². The molecule has 1 heterocycles. The molecule has 2 aliphatic rings. The molecule has 6 nitrogen and oxygen atoms in total. The zero-order chi connectivity index (χ0) is 14.4. The summed E-state index contributed by atoms with van der Waals surface area (Å²) in [5, 5.41) is 13.3. The number of amides is 3. The summed E-state index contributed by atoms with van der Waals surface area (Å²) < 4.78 is 0. The Hall–Kier alpha value is -1.59. The van der Waals surface area contributed by atoms with Gasteiger partial charge in [-0.3, -0.25) is 9.69 Å². The highest BCUT2D eigenvalue weighted by Gasteiger charge is 2.55. The van der Waals surface area contributed by atoms with E-state index in [1.165, 1.54) is 0 Å². The minimum absolute atomic E-state index is 0.0575. The molecular weight excluding hydrogens is 248 g/mol. The average Bonchev–Trinajstić information content (AvgIpc) is 2.38. The molecule has 19 heavy (non-hydrogen) atoms. The lowest BCUT2D eigenvalue weighted by molar-refractivity contribution is -0.305. The van der Waals surface area contributed by atoms with Crippen LogP contribution in [0.3, 0.4) is 0 Å². The lowest BCUT2D eigenvalue weighted by Crippen LogP contribution is -2.54. The molecule has 1 N–H and O–H groups in total. The SMILES string of the molecule is C[C@@H]1CC(C)(C)C[C@@]2(C1)NC(=O)N(CC(=O)[O-])C2=O. The maximum Gasteiger partial charge on any atom is 0.325 e. The third kappa shape index (κ3) is 2.43. The topological polar surface area (TPSA) is 89.5 Å². The summed E-state index contributed by atoms with van der Waals surface area (Å²) in [6.07, 6.45) is 2.08. The zero-order valence-electron chi connectivity index (χ0n) is 11.5. The van der Waals surface area contributed by atoms with E-state index in [-0.39, 0.29) is 5.41 Å². The second-order valence-electron chi connectivity index (χ2n) is 6.63. The van der Waals surface area contributed by atoms with Crippen LogP contribution < -0.4 is 10.4 Å². The first kappa shape index (κ1) is 13.8. The number of hydrogen-bond acceptors (Lipinski definition) is 4. The quantitative estimate of drug-likeness (QED) is 0.706. The molecule has 1 saturated carbocycles. The maximum atomic E-state index is 12.4. The van der Waals surface area contributed by atoms with E-state index in [0.717, 1.165) is 11.3 Å². The van der Waals surface area contributed by atoms with Gasteiger partial charge in [-0.15, -0.1) is 0 Å². The summed E-state index contributed by atoms with van der Waals surface area (Å²) in [6, 6.07) is -0.626. The van der Waals surface area contributed by atoms with Gasteiger partial charge in [0.05, 0.1) is 12.5 Å².